The summed E-state index contributed by atoms with van der Waals surface area (Å²) in [5.41, 5.74) is 0.608. The van der Waals surface area contributed by atoms with Gasteiger partial charge < -0.3 is 28.8 Å². The zero-order valence-corrected chi connectivity index (χ0v) is 20.7. The number of nitrogens with one attached hydrogen (secondary N) is 1. The molecule has 0 radical (unpaired) electrons. The van der Waals surface area contributed by atoms with Crippen LogP contribution in [0.2, 0.25) is 0 Å². The molecule has 0 spiro atoms. The number of rotatable bonds is 10. The fourth-order valence-electron chi connectivity index (χ4n) is 3.83. The van der Waals surface area contributed by atoms with E-state index < -0.39 is 8.53 Å². The van der Waals surface area contributed by atoms with Crippen molar-refractivity contribution in [1.82, 2.24) is 14.9 Å². The summed E-state index contributed by atoms with van der Waals surface area (Å²) in [6, 6.07) is 0.467. The van der Waals surface area contributed by atoms with Gasteiger partial charge in [0.05, 0.1) is 12.2 Å². The van der Waals surface area contributed by atoms with Gasteiger partial charge in [0, 0.05) is 30.3 Å². The van der Waals surface area contributed by atoms with E-state index >= 15 is 0 Å². The normalized spacial score (nSPS) is 25.4. The third-order valence-electron chi connectivity index (χ3n) is 5.22. The molecule has 1 N–H and O–H groups in total. The van der Waals surface area contributed by atoms with Gasteiger partial charge in [0.1, 0.15) is 18.7 Å². The molecular formula is C22H37N4O4P. The van der Waals surface area contributed by atoms with Gasteiger partial charge >= 0.3 is 0 Å². The van der Waals surface area contributed by atoms with Gasteiger partial charge in [-0.25, -0.2) is 11.2 Å². The minimum atomic E-state index is -1.36. The van der Waals surface area contributed by atoms with Gasteiger partial charge in [-0.3, -0.25) is 4.79 Å². The van der Waals surface area contributed by atoms with Crippen LogP contribution in [-0.2, 0) is 18.6 Å². The Morgan fingerprint density at radius 3 is 2.55 bits per heavy atom. The summed E-state index contributed by atoms with van der Waals surface area (Å²) in [5.74, 6) is 0.596. The van der Waals surface area contributed by atoms with Gasteiger partial charge in [0.15, 0.2) is 0 Å². The second-order valence-corrected chi connectivity index (χ2v) is 10.2. The average Bonchev–Trinajstić information content (AvgIpc) is 3.08. The summed E-state index contributed by atoms with van der Waals surface area (Å²) in [6.45, 7) is 26.2. The second-order valence-electron chi connectivity index (χ2n) is 8.82. The zero-order chi connectivity index (χ0) is 23.3. The van der Waals surface area contributed by atoms with Crippen molar-refractivity contribution in [2.24, 2.45) is 5.92 Å². The van der Waals surface area contributed by atoms with Crippen LogP contribution in [0.1, 0.15) is 54.9 Å². The lowest BCUT2D eigenvalue weighted by atomic mass is 10.0. The molecule has 0 aromatic carbocycles. The number of carbonyl (C=O) groups is 1. The van der Waals surface area contributed by atoms with Crippen LogP contribution in [0.5, 0.6) is 0 Å². The molecule has 174 valence electrons. The summed E-state index contributed by atoms with van der Waals surface area (Å²) < 4.78 is 21.3. The molecule has 1 saturated heterocycles. The molecule has 0 aromatic heterocycles. The van der Waals surface area contributed by atoms with Crippen LogP contribution in [0.4, 0.5) is 0 Å². The van der Waals surface area contributed by atoms with Crippen molar-refractivity contribution in [3.05, 3.63) is 35.6 Å². The van der Waals surface area contributed by atoms with E-state index in [1.807, 2.05) is 4.90 Å². The molecule has 0 bridgehead atoms. The lowest BCUT2D eigenvalue weighted by Crippen LogP contribution is -2.42. The smallest absolute Gasteiger partial charge is 0.259 e. The van der Waals surface area contributed by atoms with Gasteiger partial charge in [-0.15, -0.1) is 0 Å². The Kier molecular flexibility index (Phi) is 9.47. The Morgan fingerprint density at radius 2 is 2.00 bits per heavy atom. The van der Waals surface area contributed by atoms with E-state index in [2.05, 4.69) is 63.0 Å². The van der Waals surface area contributed by atoms with E-state index in [0.29, 0.717) is 31.0 Å². The molecule has 1 amide bonds. The Hall–Kier alpha value is -1.49. The van der Waals surface area contributed by atoms with Crippen LogP contribution < -0.4 is 5.32 Å². The third-order valence-corrected chi connectivity index (χ3v) is 7.37. The van der Waals surface area contributed by atoms with E-state index in [9.17, 15) is 4.79 Å². The van der Waals surface area contributed by atoms with Crippen LogP contribution in [0.3, 0.4) is 0 Å². The van der Waals surface area contributed by atoms with E-state index in [1.54, 1.807) is 13.1 Å². The van der Waals surface area contributed by atoms with Crippen molar-refractivity contribution < 1.29 is 18.6 Å². The Bertz CT molecular complexity index is 711. The summed E-state index contributed by atoms with van der Waals surface area (Å²) in [6.07, 6.45) is 1.82. The van der Waals surface area contributed by atoms with E-state index in [1.165, 1.54) is 0 Å². The SMILES string of the molecule is [C-]#[N+]CCOP(O[C@@H]1C[C@H](N2C=C(C)C(=O)NC2=C)O[C@@H]1C(C)C)N(C(C)C)C(C)C. The summed E-state index contributed by atoms with van der Waals surface area (Å²) >= 11 is 0. The van der Waals surface area contributed by atoms with Crippen LogP contribution >= 0.6 is 8.53 Å². The lowest BCUT2D eigenvalue weighted by molar-refractivity contribution is -0.118. The molecule has 9 heteroatoms. The highest BCUT2D eigenvalue weighted by Crippen LogP contribution is 2.50. The van der Waals surface area contributed by atoms with Crippen molar-refractivity contribution in [3.63, 3.8) is 0 Å². The third kappa shape index (κ3) is 6.50. The Morgan fingerprint density at radius 1 is 1.35 bits per heavy atom. The standard InChI is InChI=1S/C22H37N4O4P/c1-14(2)21-19(12-20(29-21)25-13-17(7)22(27)24-18(25)8)30-31(28-11-10-23-9)26(15(3)4)16(5)6/h13-16,19-21H,8,10-12H2,1-7H3,(H,24,27)/t19-,20-,21-,31?/m1/s1. The predicted octanol–water partition coefficient (Wildman–Crippen LogP) is 4.23. The number of nitrogens with zero attached hydrogens (tertiary/aromatic N) is 3. The number of ether oxygens (including phenoxy) is 1. The predicted molar refractivity (Wildman–Crippen MR) is 122 cm³/mol. The first-order valence-corrected chi connectivity index (χ1v) is 12.0. The highest BCUT2D eigenvalue weighted by atomic mass is 31.2. The molecule has 2 heterocycles. The minimum absolute atomic E-state index is 0.125. The van der Waals surface area contributed by atoms with Gasteiger partial charge in [-0.1, -0.05) is 20.4 Å². The molecule has 4 atom stereocenters. The molecule has 2 aliphatic heterocycles. The Balaban J connectivity index is 2.23. The van der Waals surface area contributed by atoms with Gasteiger partial charge in [-0.05, 0) is 40.5 Å². The quantitative estimate of drug-likeness (QED) is 0.304. The van der Waals surface area contributed by atoms with E-state index in [4.69, 9.17) is 20.4 Å². The van der Waals surface area contributed by atoms with Crippen LogP contribution in [-0.4, -0.2) is 59.1 Å². The number of hydrogen-bond acceptors (Lipinski definition) is 6. The first-order chi connectivity index (χ1) is 14.6. The molecule has 0 aliphatic carbocycles. The van der Waals surface area contributed by atoms with Crippen molar-refractivity contribution >= 4 is 14.4 Å². The fraction of sp³-hybridized carbons (Fsp3) is 0.727. The van der Waals surface area contributed by atoms with Crippen LogP contribution in [0.25, 0.3) is 4.85 Å². The van der Waals surface area contributed by atoms with Gasteiger partial charge in [0.2, 0.25) is 6.54 Å². The van der Waals surface area contributed by atoms with E-state index in [-0.39, 0.29) is 42.3 Å². The van der Waals surface area contributed by atoms with Crippen molar-refractivity contribution in [1.29, 1.82) is 0 Å². The number of amides is 1. The average molecular weight is 453 g/mol. The van der Waals surface area contributed by atoms with Crippen LogP contribution in [0.15, 0.2) is 24.2 Å². The topological polar surface area (TPSA) is 67.6 Å². The van der Waals surface area contributed by atoms with Gasteiger partial charge in [-0.2, -0.15) is 0 Å². The van der Waals surface area contributed by atoms with Crippen molar-refractivity contribution in [2.75, 3.05) is 13.2 Å². The van der Waals surface area contributed by atoms with Gasteiger partial charge in [0.25, 0.3) is 14.4 Å². The number of hydrogen-bond donors (Lipinski definition) is 1. The first-order valence-electron chi connectivity index (χ1n) is 10.9. The summed E-state index contributed by atoms with van der Waals surface area (Å²) in [7, 11) is -1.36. The highest BCUT2D eigenvalue weighted by Gasteiger charge is 2.44. The molecule has 1 unspecified atom stereocenters. The molecule has 0 aromatic rings. The van der Waals surface area contributed by atoms with Crippen molar-refractivity contribution in [3.8, 4) is 0 Å². The maximum Gasteiger partial charge on any atom is 0.259 e. The molecule has 2 aliphatic rings. The summed E-state index contributed by atoms with van der Waals surface area (Å²) in [4.78, 5) is 17.2. The zero-order valence-electron chi connectivity index (χ0n) is 19.8. The lowest BCUT2D eigenvalue weighted by Gasteiger charge is -2.37. The van der Waals surface area contributed by atoms with E-state index in [0.717, 1.165) is 0 Å². The Labute approximate surface area is 188 Å². The molecule has 0 saturated carbocycles. The monoisotopic (exact) mass is 452 g/mol. The van der Waals surface area contributed by atoms with Crippen LogP contribution in [0, 0.1) is 12.5 Å². The molecular weight excluding hydrogens is 415 g/mol. The second kappa shape index (κ2) is 11.4. The minimum Gasteiger partial charge on any atom is -0.352 e. The maximum atomic E-state index is 11.9. The first kappa shape index (κ1) is 25.8. The molecule has 8 nitrogen and oxygen atoms in total. The van der Waals surface area contributed by atoms with Crippen molar-refractivity contribution in [2.45, 2.75) is 85.4 Å². The highest BCUT2D eigenvalue weighted by molar-refractivity contribution is 7.44. The molecule has 31 heavy (non-hydrogen) atoms. The summed E-state index contributed by atoms with van der Waals surface area (Å²) in [5, 5.41) is 2.78. The fourth-order valence-corrected chi connectivity index (χ4v) is 5.56. The largest absolute Gasteiger partial charge is 0.352 e. The molecule has 2 rings (SSSR count). The maximum absolute atomic E-state index is 11.9. The molecule has 1 fully saturated rings. The number of carbonyl (C=O) groups excluding carboxylic acids is 1.